The molecule has 0 bridgehead atoms. The fourth-order valence-electron chi connectivity index (χ4n) is 3.57. The number of nitrogens with zero attached hydrogens (tertiary/aromatic N) is 1. The first-order valence-electron chi connectivity index (χ1n) is 8.03. The van der Waals surface area contributed by atoms with Crippen LogP contribution >= 0.6 is 0 Å². The lowest BCUT2D eigenvalue weighted by Crippen LogP contribution is -2.41. The number of benzene rings is 1. The van der Waals surface area contributed by atoms with Gasteiger partial charge in [-0.25, -0.2) is 0 Å². The molecule has 1 unspecified atom stereocenters. The molecule has 1 aromatic rings. The predicted molar refractivity (Wildman–Crippen MR) is 85.7 cm³/mol. The van der Waals surface area contributed by atoms with Crippen molar-refractivity contribution in [3.05, 3.63) is 29.8 Å². The molecular formula is C17H23N3O2. The molecule has 22 heavy (non-hydrogen) atoms. The Morgan fingerprint density at radius 2 is 2.05 bits per heavy atom. The predicted octanol–water partition coefficient (Wildman–Crippen LogP) is 1.57. The molecule has 2 amide bonds. The Kier molecular flexibility index (Phi) is 4.43. The zero-order chi connectivity index (χ0) is 15.5. The van der Waals surface area contributed by atoms with Crippen LogP contribution in [0.25, 0.3) is 0 Å². The van der Waals surface area contributed by atoms with Crippen molar-refractivity contribution in [2.24, 2.45) is 5.92 Å². The Hall–Kier alpha value is -1.88. The van der Waals surface area contributed by atoms with Crippen molar-refractivity contribution >= 4 is 17.5 Å². The highest BCUT2D eigenvalue weighted by molar-refractivity contribution is 6.03. The highest BCUT2D eigenvalue weighted by Crippen LogP contribution is 2.41. The second-order valence-electron chi connectivity index (χ2n) is 6.13. The van der Waals surface area contributed by atoms with Gasteiger partial charge in [-0.05, 0) is 37.4 Å². The largest absolute Gasteiger partial charge is 0.343 e. The minimum Gasteiger partial charge on any atom is -0.343 e. The molecule has 0 aromatic heterocycles. The first kappa shape index (κ1) is 15.0. The standard InChI is InChI=1S/C17H23N3O2/c1-18-9-6-15(21)20-10-7-12(8-11-20)16-13-4-2-3-5-14(13)19-17(16)22/h2-5,12,16,18H,6-11H2,1H3,(H,19,22). The van der Waals surface area contributed by atoms with Crippen LogP contribution in [-0.4, -0.2) is 43.4 Å². The quantitative estimate of drug-likeness (QED) is 0.887. The number of piperidine rings is 1. The lowest BCUT2D eigenvalue weighted by Gasteiger charge is -2.34. The fraction of sp³-hybridized carbons (Fsp3) is 0.529. The van der Waals surface area contributed by atoms with Gasteiger partial charge in [0.15, 0.2) is 0 Å². The van der Waals surface area contributed by atoms with E-state index in [2.05, 4.69) is 10.6 Å². The van der Waals surface area contributed by atoms with Gasteiger partial charge in [-0.3, -0.25) is 9.59 Å². The summed E-state index contributed by atoms with van der Waals surface area (Å²) in [4.78, 5) is 26.3. The zero-order valence-corrected chi connectivity index (χ0v) is 13.0. The smallest absolute Gasteiger partial charge is 0.232 e. The number of hydrogen-bond donors (Lipinski definition) is 2. The SMILES string of the molecule is CNCCC(=O)N1CCC(C2C(=O)Nc3ccccc32)CC1. The number of likely N-dealkylation sites (tertiary alicyclic amines) is 1. The number of anilines is 1. The van der Waals surface area contributed by atoms with Crippen molar-refractivity contribution in [2.45, 2.75) is 25.2 Å². The Balaban J connectivity index is 1.62. The summed E-state index contributed by atoms with van der Waals surface area (Å²) in [6.07, 6.45) is 2.35. The van der Waals surface area contributed by atoms with E-state index in [1.54, 1.807) is 0 Å². The van der Waals surface area contributed by atoms with Crippen molar-refractivity contribution in [1.29, 1.82) is 0 Å². The highest BCUT2D eigenvalue weighted by Gasteiger charge is 2.38. The molecule has 2 N–H and O–H groups in total. The fourth-order valence-corrected chi connectivity index (χ4v) is 3.57. The van der Waals surface area contributed by atoms with Gasteiger partial charge in [0.1, 0.15) is 0 Å². The normalized spacial score (nSPS) is 21.6. The van der Waals surface area contributed by atoms with Crippen molar-refractivity contribution in [2.75, 3.05) is 32.0 Å². The van der Waals surface area contributed by atoms with Crippen LogP contribution in [0.15, 0.2) is 24.3 Å². The van der Waals surface area contributed by atoms with E-state index in [-0.39, 0.29) is 17.7 Å². The second-order valence-corrected chi connectivity index (χ2v) is 6.13. The summed E-state index contributed by atoms with van der Waals surface area (Å²) in [6, 6.07) is 7.94. The monoisotopic (exact) mass is 301 g/mol. The van der Waals surface area contributed by atoms with Crippen LogP contribution < -0.4 is 10.6 Å². The summed E-state index contributed by atoms with van der Waals surface area (Å²) in [7, 11) is 1.86. The lowest BCUT2D eigenvalue weighted by molar-refractivity contribution is -0.132. The molecule has 1 fully saturated rings. The molecule has 1 aromatic carbocycles. The minimum absolute atomic E-state index is 0.0502. The molecule has 5 heteroatoms. The average Bonchev–Trinajstić information content (AvgIpc) is 2.88. The Morgan fingerprint density at radius 1 is 1.32 bits per heavy atom. The molecular weight excluding hydrogens is 278 g/mol. The van der Waals surface area contributed by atoms with E-state index in [0.29, 0.717) is 12.3 Å². The number of carbonyl (C=O) groups is 2. The van der Waals surface area contributed by atoms with E-state index in [0.717, 1.165) is 43.7 Å². The van der Waals surface area contributed by atoms with Crippen molar-refractivity contribution in [3.63, 3.8) is 0 Å². The van der Waals surface area contributed by atoms with E-state index < -0.39 is 0 Å². The van der Waals surface area contributed by atoms with E-state index in [1.807, 2.05) is 36.2 Å². The molecule has 0 saturated carbocycles. The van der Waals surface area contributed by atoms with Gasteiger partial charge in [0, 0.05) is 31.7 Å². The van der Waals surface area contributed by atoms with Gasteiger partial charge in [-0.15, -0.1) is 0 Å². The first-order valence-corrected chi connectivity index (χ1v) is 8.03. The van der Waals surface area contributed by atoms with E-state index in [1.165, 1.54) is 0 Å². The van der Waals surface area contributed by atoms with Crippen LogP contribution in [0.4, 0.5) is 5.69 Å². The van der Waals surface area contributed by atoms with Crippen LogP contribution in [-0.2, 0) is 9.59 Å². The van der Waals surface area contributed by atoms with Gasteiger partial charge in [0.25, 0.3) is 0 Å². The molecule has 2 heterocycles. The van der Waals surface area contributed by atoms with Crippen LogP contribution in [0.1, 0.15) is 30.7 Å². The number of para-hydroxylation sites is 1. The third-order valence-corrected chi connectivity index (χ3v) is 4.79. The molecule has 0 aliphatic carbocycles. The highest BCUT2D eigenvalue weighted by atomic mass is 16.2. The van der Waals surface area contributed by atoms with Gasteiger partial charge in [0.2, 0.25) is 11.8 Å². The van der Waals surface area contributed by atoms with Crippen LogP contribution in [0, 0.1) is 5.92 Å². The number of amides is 2. The van der Waals surface area contributed by atoms with Crippen molar-refractivity contribution < 1.29 is 9.59 Å². The number of nitrogens with one attached hydrogen (secondary N) is 2. The van der Waals surface area contributed by atoms with Crippen LogP contribution in [0.2, 0.25) is 0 Å². The summed E-state index contributed by atoms with van der Waals surface area (Å²) in [5.74, 6) is 0.605. The van der Waals surface area contributed by atoms with Gasteiger partial charge in [0.05, 0.1) is 5.92 Å². The maximum Gasteiger partial charge on any atom is 0.232 e. The Bertz CT molecular complexity index is 565. The Morgan fingerprint density at radius 3 is 2.77 bits per heavy atom. The van der Waals surface area contributed by atoms with Crippen molar-refractivity contribution in [3.8, 4) is 0 Å². The molecule has 1 saturated heterocycles. The van der Waals surface area contributed by atoms with E-state index in [9.17, 15) is 9.59 Å². The second kappa shape index (κ2) is 6.48. The zero-order valence-electron chi connectivity index (χ0n) is 13.0. The maximum atomic E-state index is 12.3. The molecule has 2 aliphatic rings. The van der Waals surface area contributed by atoms with E-state index in [4.69, 9.17) is 0 Å². The number of rotatable bonds is 4. The van der Waals surface area contributed by atoms with Gasteiger partial charge < -0.3 is 15.5 Å². The van der Waals surface area contributed by atoms with Crippen LogP contribution in [0.3, 0.4) is 0 Å². The van der Waals surface area contributed by atoms with Gasteiger partial charge >= 0.3 is 0 Å². The third-order valence-electron chi connectivity index (χ3n) is 4.79. The molecule has 2 aliphatic heterocycles. The van der Waals surface area contributed by atoms with Crippen LogP contribution in [0.5, 0.6) is 0 Å². The lowest BCUT2D eigenvalue weighted by atomic mass is 9.80. The molecule has 118 valence electrons. The number of hydrogen-bond acceptors (Lipinski definition) is 3. The van der Waals surface area contributed by atoms with Crippen molar-refractivity contribution in [1.82, 2.24) is 10.2 Å². The summed E-state index contributed by atoms with van der Waals surface area (Å²) >= 11 is 0. The van der Waals surface area contributed by atoms with Gasteiger partial charge in [-0.2, -0.15) is 0 Å². The molecule has 5 nitrogen and oxygen atoms in total. The molecule has 0 spiro atoms. The number of carbonyl (C=O) groups excluding carboxylic acids is 2. The maximum absolute atomic E-state index is 12.3. The summed E-state index contributed by atoms with van der Waals surface area (Å²) in [5, 5.41) is 5.99. The van der Waals surface area contributed by atoms with Gasteiger partial charge in [-0.1, -0.05) is 18.2 Å². The van der Waals surface area contributed by atoms with E-state index >= 15 is 0 Å². The topological polar surface area (TPSA) is 61.4 Å². The average molecular weight is 301 g/mol. The molecule has 1 atom stereocenters. The number of fused-ring (bicyclic) bond motifs is 1. The Labute approximate surface area is 131 Å². The summed E-state index contributed by atoms with van der Waals surface area (Å²) in [5.41, 5.74) is 2.07. The first-order chi connectivity index (χ1) is 10.7. The summed E-state index contributed by atoms with van der Waals surface area (Å²) in [6.45, 7) is 2.25. The summed E-state index contributed by atoms with van der Waals surface area (Å²) < 4.78 is 0. The minimum atomic E-state index is -0.0502. The third kappa shape index (κ3) is 2.86. The molecule has 0 radical (unpaired) electrons. The molecule has 3 rings (SSSR count).